The van der Waals surface area contributed by atoms with E-state index < -0.39 is 5.97 Å². The van der Waals surface area contributed by atoms with E-state index >= 15 is 0 Å². The molecule has 14 heavy (non-hydrogen) atoms. The molecule has 0 bridgehead atoms. The summed E-state index contributed by atoms with van der Waals surface area (Å²) in [4.78, 5) is 36.9. The molecular formula is C9H13NO4. The molecule has 0 saturated heterocycles. The lowest BCUT2D eigenvalue weighted by molar-refractivity contribution is -0.184. The van der Waals surface area contributed by atoms with Crippen molar-refractivity contribution in [2.24, 2.45) is 0 Å². The second kappa shape index (κ2) is 6.04. The van der Waals surface area contributed by atoms with Gasteiger partial charge in [-0.15, -0.1) is 5.06 Å². The van der Waals surface area contributed by atoms with Crippen molar-refractivity contribution in [2.75, 3.05) is 13.1 Å². The molecule has 0 atom stereocenters. The molecule has 0 aromatic heterocycles. The van der Waals surface area contributed by atoms with Crippen molar-refractivity contribution in [1.29, 1.82) is 0 Å². The van der Waals surface area contributed by atoms with Gasteiger partial charge in [-0.05, 0) is 13.8 Å². The van der Waals surface area contributed by atoms with E-state index in [0.717, 1.165) is 11.1 Å². The van der Waals surface area contributed by atoms with Crippen LogP contribution in [-0.4, -0.2) is 35.7 Å². The molecule has 0 aromatic carbocycles. The smallest absolute Gasteiger partial charge is 0.349 e. The van der Waals surface area contributed by atoms with Gasteiger partial charge in [0, 0.05) is 6.08 Å². The quantitative estimate of drug-likeness (QED) is 0.448. The Morgan fingerprint density at radius 2 is 1.64 bits per heavy atom. The number of nitrogens with zero attached hydrogens (tertiary/aromatic N) is 1. The van der Waals surface area contributed by atoms with Gasteiger partial charge in [-0.25, -0.2) is 4.79 Å². The fraction of sp³-hybridized carbons (Fsp3) is 0.444. The predicted molar refractivity (Wildman–Crippen MR) is 49.2 cm³/mol. The SMILES string of the molecule is C=CC(=O)ON(CC(C)=O)CC(C)=O. The van der Waals surface area contributed by atoms with Crippen molar-refractivity contribution in [3.63, 3.8) is 0 Å². The lowest BCUT2D eigenvalue weighted by atomic mass is 10.4. The van der Waals surface area contributed by atoms with Crippen LogP contribution in [0.2, 0.25) is 0 Å². The van der Waals surface area contributed by atoms with Gasteiger partial charge in [0.05, 0.1) is 13.1 Å². The van der Waals surface area contributed by atoms with E-state index in [-0.39, 0.29) is 24.7 Å². The number of carbonyl (C=O) groups excluding carboxylic acids is 3. The number of hydroxylamine groups is 2. The van der Waals surface area contributed by atoms with Crippen LogP contribution >= 0.6 is 0 Å². The number of hydrogen-bond acceptors (Lipinski definition) is 5. The fourth-order valence-electron chi connectivity index (χ4n) is 0.782. The minimum Gasteiger partial charge on any atom is -0.363 e. The average molecular weight is 199 g/mol. The van der Waals surface area contributed by atoms with Gasteiger partial charge >= 0.3 is 5.97 Å². The Bertz CT molecular complexity index is 244. The Morgan fingerprint density at radius 3 is 1.93 bits per heavy atom. The Balaban J connectivity index is 4.23. The standard InChI is InChI=1S/C9H13NO4/c1-4-9(13)14-10(5-7(2)11)6-8(3)12/h4H,1,5-6H2,2-3H3. The molecule has 0 N–H and O–H groups in total. The maximum absolute atomic E-state index is 10.8. The van der Waals surface area contributed by atoms with E-state index in [2.05, 4.69) is 11.4 Å². The zero-order chi connectivity index (χ0) is 11.1. The zero-order valence-electron chi connectivity index (χ0n) is 8.28. The van der Waals surface area contributed by atoms with Crippen molar-refractivity contribution in [3.05, 3.63) is 12.7 Å². The third kappa shape index (κ3) is 6.07. The molecule has 5 nitrogen and oxygen atoms in total. The van der Waals surface area contributed by atoms with Gasteiger partial charge in [0.2, 0.25) is 0 Å². The van der Waals surface area contributed by atoms with E-state index in [4.69, 9.17) is 0 Å². The number of carbonyl (C=O) groups is 3. The minimum atomic E-state index is -0.687. The molecule has 0 aliphatic rings. The summed E-state index contributed by atoms with van der Waals surface area (Å²) in [6, 6.07) is 0. The average Bonchev–Trinajstić information content (AvgIpc) is 2.01. The van der Waals surface area contributed by atoms with Crippen LogP contribution in [0, 0.1) is 0 Å². The molecule has 0 amide bonds. The first-order chi connectivity index (χ1) is 6.45. The summed E-state index contributed by atoms with van der Waals surface area (Å²) in [5, 5.41) is 1.01. The van der Waals surface area contributed by atoms with Crippen molar-refractivity contribution >= 4 is 17.5 Å². The summed E-state index contributed by atoms with van der Waals surface area (Å²) in [7, 11) is 0. The van der Waals surface area contributed by atoms with Crippen molar-refractivity contribution in [2.45, 2.75) is 13.8 Å². The monoisotopic (exact) mass is 199 g/mol. The Hall–Kier alpha value is -1.49. The Labute approximate surface area is 82.3 Å². The largest absolute Gasteiger partial charge is 0.363 e. The summed E-state index contributed by atoms with van der Waals surface area (Å²) < 4.78 is 0. The zero-order valence-corrected chi connectivity index (χ0v) is 8.28. The lowest BCUT2D eigenvalue weighted by Crippen LogP contribution is -2.34. The third-order valence-electron chi connectivity index (χ3n) is 1.18. The third-order valence-corrected chi connectivity index (χ3v) is 1.18. The number of rotatable bonds is 6. The molecule has 0 aliphatic carbocycles. The predicted octanol–water partition coefficient (Wildman–Crippen LogP) is 0.111. The molecule has 0 radical (unpaired) electrons. The molecule has 0 rings (SSSR count). The summed E-state index contributed by atoms with van der Waals surface area (Å²) in [5.74, 6) is -1.07. The van der Waals surface area contributed by atoms with Crippen LogP contribution < -0.4 is 0 Å². The van der Waals surface area contributed by atoms with Crippen molar-refractivity contribution < 1.29 is 19.2 Å². The van der Waals surface area contributed by atoms with E-state index in [1.54, 1.807) is 0 Å². The van der Waals surface area contributed by atoms with Crippen LogP contribution in [0.5, 0.6) is 0 Å². The van der Waals surface area contributed by atoms with Crippen molar-refractivity contribution in [1.82, 2.24) is 5.06 Å². The van der Waals surface area contributed by atoms with Crippen molar-refractivity contribution in [3.8, 4) is 0 Å². The summed E-state index contributed by atoms with van der Waals surface area (Å²) in [5.41, 5.74) is 0. The molecule has 5 heteroatoms. The van der Waals surface area contributed by atoms with Crippen LogP contribution in [0.3, 0.4) is 0 Å². The first-order valence-corrected chi connectivity index (χ1v) is 4.04. The minimum absolute atomic E-state index is 0.0981. The molecule has 0 unspecified atom stereocenters. The molecule has 0 aliphatic heterocycles. The van der Waals surface area contributed by atoms with Gasteiger partial charge in [0.1, 0.15) is 11.6 Å². The van der Waals surface area contributed by atoms with Crippen LogP contribution in [0.15, 0.2) is 12.7 Å². The Kier molecular flexibility index (Phi) is 5.40. The first-order valence-electron chi connectivity index (χ1n) is 4.04. The molecule has 0 heterocycles. The van der Waals surface area contributed by atoms with E-state index in [1.165, 1.54) is 13.8 Å². The molecule has 78 valence electrons. The van der Waals surface area contributed by atoms with E-state index in [0.29, 0.717) is 0 Å². The maximum Gasteiger partial charge on any atom is 0.349 e. The highest BCUT2D eigenvalue weighted by atomic mass is 16.7. The van der Waals surface area contributed by atoms with Gasteiger partial charge in [-0.2, -0.15) is 0 Å². The highest BCUT2D eigenvalue weighted by molar-refractivity contribution is 5.83. The number of Topliss-reactive ketones (excluding diaryl/α,β-unsaturated/α-hetero) is 2. The molecule has 0 aromatic rings. The molecular weight excluding hydrogens is 186 g/mol. The van der Waals surface area contributed by atoms with Crippen LogP contribution in [0.1, 0.15) is 13.8 Å². The first kappa shape index (κ1) is 12.5. The maximum atomic E-state index is 10.8. The normalized spacial score (nSPS) is 9.64. The van der Waals surface area contributed by atoms with Crippen LogP contribution in [0.25, 0.3) is 0 Å². The highest BCUT2D eigenvalue weighted by Gasteiger charge is 2.13. The second-order valence-corrected chi connectivity index (χ2v) is 2.82. The molecule has 0 spiro atoms. The van der Waals surface area contributed by atoms with Gasteiger partial charge < -0.3 is 4.84 Å². The fourth-order valence-corrected chi connectivity index (χ4v) is 0.782. The highest BCUT2D eigenvalue weighted by Crippen LogP contribution is 1.93. The summed E-state index contributed by atoms with van der Waals surface area (Å²) in [6.45, 7) is 5.69. The van der Waals surface area contributed by atoms with Gasteiger partial charge in [-0.3, -0.25) is 9.59 Å². The molecule has 0 fully saturated rings. The molecule has 0 saturated carbocycles. The van der Waals surface area contributed by atoms with E-state index in [1.807, 2.05) is 0 Å². The van der Waals surface area contributed by atoms with Gasteiger partial charge in [0.25, 0.3) is 0 Å². The summed E-state index contributed by atoms with van der Waals surface area (Å²) in [6.07, 6.45) is 0.966. The van der Waals surface area contributed by atoms with Crippen LogP contribution in [-0.2, 0) is 19.2 Å². The number of hydrogen-bond donors (Lipinski definition) is 0. The van der Waals surface area contributed by atoms with E-state index in [9.17, 15) is 14.4 Å². The van der Waals surface area contributed by atoms with Crippen LogP contribution in [0.4, 0.5) is 0 Å². The second-order valence-electron chi connectivity index (χ2n) is 2.82. The summed E-state index contributed by atoms with van der Waals surface area (Å²) >= 11 is 0. The van der Waals surface area contributed by atoms with Gasteiger partial charge in [0.15, 0.2) is 0 Å². The Morgan fingerprint density at radius 1 is 1.21 bits per heavy atom. The lowest BCUT2D eigenvalue weighted by Gasteiger charge is -2.17. The number of ketones is 2. The van der Waals surface area contributed by atoms with Gasteiger partial charge in [-0.1, -0.05) is 6.58 Å². The topological polar surface area (TPSA) is 63.7 Å².